The number of benzene rings is 1. The Morgan fingerprint density at radius 3 is 2.33 bits per heavy atom. The first-order valence-electron chi connectivity index (χ1n) is 7.60. The molecule has 116 valence electrons. The zero-order valence-corrected chi connectivity index (χ0v) is 13.5. The van der Waals surface area contributed by atoms with Gasteiger partial charge in [-0.1, -0.05) is 39.0 Å². The molecule has 2 unspecified atom stereocenters. The smallest absolute Gasteiger partial charge is 0.333 e. The molecule has 1 aromatic carbocycles. The van der Waals surface area contributed by atoms with Crippen LogP contribution in [0.25, 0.3) is 0 Å². The van der Waals surface area contributed by atoms with Crippen LogP contribution < -0.4 is 4.74 Å². The SMILES string of the molecule is C=C(C)C(=O)OC(CC)C(C)Oc1ccc(CCC)cc1. The summed E-state index contributed by atoms with van der Waals surface area (Å²) in [6, 6.07) is 8.09. The Hall–Kier alpha value is -1.77. The lowest BCUT2D eigenvalue weighted by atomic mass is 10.1. The zero-order valence-electron chi connectivity index (χ0n) is 13.5. The molecule has 0 aliphatic rings. The van der Waals surface area contributed by atoms with E-state index < -0.39 is 0 Å². The second-order valence-electron chi connectivity index (χ2n) is 5.35. The summed E-state index contributed by atoms with van der Waals surface area (Å²) < 4.78 is 11.3. The first-order chi connectivity index (χ1) is 9.97. The quantitative estimate of drug-likeness (QED) is 0.529. The third-order valence-corrected chi connectivity index (χ3v) is 3.32. The maximum Gasteiger partial charge on any atom is 0.333 e. The summed E-state index contributed by atoms with van der Waals surface area (Å²) in [7, 11) is 0. The fourth-order valence-electron chi connectivity index (χ4n) is 2.06. The van der Waals surface area contributed by atoms with Crippen LogP contribution in [0.15, 0.2) is 36.4 Å². The highest BCUT2D eigenvalue weighted by Gasteiger charge is 2.21. The topological polar surface area (TPSA) is 35.5 Å². The molecule has 0 N–H and O–H groups in total. The second-order valence-corrected chi connectivity index (χ2v) is 5.35. The Labute approximate surface area is 128 Å². The standard InChI is InChI=1S/C18H26O3/c1-6-8-15-9-11-16(12-10-15)20-14(5)17(7-2)21-18(19)13(3)4/h9-12,14,17H,3,6-8H2,1-2,4-5H3. The molecule has 0 aromatic heterocycles. The molecule has 0 saturated heterocycles. The Morgan fingerprint density at radius 1 is 1.24 bits per heavy atom. The van der Waals surface area contributed by atoms with Crippen LogP contribution in [0.5, 0.6) is 5.75 Å². The maximum absolute atomic E-state index is 11.6. The van der Waals surface area contributed by atoms with E-state index in [1.165, 1.54) is 5.56 Å². The number of ether oxygens (including phenoxy) is 2. The van der Waals surface area contributed by atoms with Crippen LogP contribution in [0, 0.1) is 0 Å². The third kappa shape index (κ3) is 5.62. The van der Waals surface area contributed by atoms with Gasteiger partial charge < -0.3 is 9.47 Å². The number of carbonyl (C=O) groups excluding carboxylic acids is 1. The van der Waals surface area contributed by atoms with E-state index in [0.717, 1.165) is 18.6 Å². The highest BCUT2D eigenvalue weighted by atomic mass is 16.6. The largest absolute Gasteiger partial charge is 0.487 e. The number of rotatable bonds is 8. The van der Waals surface area contributed by atoms with Gasteiger partial charge in [0.05, 0.1) is 0 Å². The molecule has 0 aliphatic carbocycles. The van der Waals surface area contributed by atoms with Gasteiger partial charge in [-0.25, -0.2) is 4.79 Å². The highest BCUT2D eigenvalue weighted by Crippen LogP contribution is 2.18. The minimum atomic E-state index is -0.365. The van der Waals surface area contributed by atoms with Crippen LogP contribution in [0.1, 0.15) is 46.1 Å². The molecule has 21 heavy (non-hydrogen) atoms. The third-order valence-electron chi connectivity index (χ3n) is 3.32. The Bertz CT molecular complexity index is 462. The molecule has 0 aliphatic heterocycles. The van der Waals surface area contributed by atoms with Crippen LogP contribution >= 0.6 is 0 Å². The predicted molar refractivity (Wildman–Crippen MR) is 85.5 cm³/mol. The second kappa shape index (κ2) is 8.50. The van der Waals surface area contributed by atoms with Crippen LogP contribution in [0.4, 0.5) is 0 Å². The van der Waals surface area contributed by atoms with Crippen molar-refractivity contribution in [2.75, 3.05) is 0 Å². The lowest BCUT2D eigenvalue weighted by Gasteiger charge is -2.24. The summed E-state index contributed by atoms with van der Waals surface area (Å²) in [6.07, 6.45) is 2.43. The van der Waals surface area contributed by atoms with Crippen molar-refractivity contribution < 1.29 is 14.3 Å². The van der Waals surface area contributed by atoms with Gasteiger partial charge in [-0.15, -0.1) is 0 Å². The van der Waals surface area contributed by atoms with Gasteiger partial charge in [0.25, 0.3) is 0 Å². The fraction of sp³-hybridized carbons (Fsp3) is 0.500. The van der Waals surface area contributed by atoms with E-state index in [9.17, 15) is 4.79 Å². The minimum Gasteiger partial charge on any atom is -0.487 e. The van der Waals surface area contributed by atoms with E-state index in [-0.39, 0.29) is 18.2 Å². The number of carbonyl (C=O) groups is 1. The minimum absolute atomic E-state index is 0.199. The molecule has 2 atom stereocenters. The van der Waals surface area contributed by atoms with Gasteiger partial charge in [-0.3, -0.25) is 0 Å². The van der Waals surface area contributed by atoms with Crippen molar-refractivity contribution in [3.63, 3.8) is 0 Å². The molecule has 0 radical (unpaired) electrons. The fourth-order valence-corrected chi connectivity index (χ4v) is 2.06. The number of aryl methyl sites for hydroxylation is 1. The molecule has 1 aromatic rings. The molecule has 3 nitrogen and oxygen atoms in total. The first kappa shape index (κ1) is 17.3. The van der Waals surface area contributed by atoms with Crippen molar-refractivity contribution in [2.24, 2.45) is 0 Å². The number of hydrogen-bond donors (Lipinski definition) is 0. The Morgan fingerprint density at radius 2 is 1.86 bits per heavy atom. The van der Waals surface area contributed by atoms with Gasteiger partial charge in [-0.2, -0.15) is 0 Å². The molecular weight excluding hydrogens is 264 g/mol. The molecule has 0 heterocycles. The van der Waals surface area contributed by atoms with Gasteiger partial charge in [0, 0.05) is 5.57 Å². The van der Waals surface area contributed by atoms with Crippen molar-refractivity contribution in [3.05, 3.63) is 42.0 Å². The van der Waals surface area contributed by atoms with E-state index in [0.29, 0.717) is 12.0 Å². The molecular formula is C18H26O3. The van der Waals surface area contributed by atoms with Crippen LogP contribution in [0.3, 0.4) is 0 Å². The summed E-state index contributed by atoms with van der Waals surface area (Å²) in [5.74, 6) is 0.433. The number of hydrogen-bond acceptors (Lipinski definition) is 3. The zero-order chi connectivity index (χ0) is 15.8. The molecule has 1 rings (SSSR count). The van der Waals surface area contributed by atoms with Gasteiger partial charge >= 0.3 is 5.97 Å². The van der Waals surface area contributed by atoms with E-state index in [1.807, 2.05) is 26.0 Å². The van der Waals surface area contributed by atoms with Crippen molar-refractivity contribution in [2.45, 2.75) is 59.2 Å². The summed E-state index contributed by atoms with van der Waals surface area (Å²) in [5.41, 5.74) is 1.71. The summed E-state index contributed by atoms with van der Waals surface area (Å²) >= 11 is 0. The summed E-state index contributed by atoms with van der Waals surface area (Å²) in [6.45, 7) is 11.3. The molecule has 0 saturated carbocycles. The van der Waals surface area contributed by atoms with Gasteiger partial charge in [0.2, 0.25) is 0 Å². The average molecular weight is 290 g/mol. The van der Waals surface area contributed by atoms with Gasteiger partial charge in [-0.05, 0) is 44.4 Å². The lowest BCUT2D eigenvalue weighted by molar-refractivity contribution is -0.148. The monoisotopic (exact) mass is 290 g/mol. The van der Waals surface area contributed by atoms with Crippen molar-refractivity contribution in [3.8, 4) is 5.75 Å². The van der Waals surface area contributed by atoms with Crippen molar-refractivity contribution in [1.29, 1.82) is 0 Å². The van der Waals surface area contributed by atoms with E-state index in [2.05, 4.69) is 25.6 Å². The van der Waals surface area contributed by atoms with E-state index >= 15 is 0 Å². The van der Waals surface area contributed by atoms with Crippen molar-refractivity contribution in [1.82, 2.24) is 0 Å². The van der Waals surface area contributed by atoms with Crippen LogP contribution in [-0.4, -0.2) is 18.2 Å². The predicted octanol–water partition coefficient (Wildman–Crippen LogP) is 4.30. The lowest BCUT2D eigenvalue weighted by Crippen LogP contribution is -2.33. The highest BCUT2D eigenvalue weighted by molar-refractivity contribution is 5.87. The molecule has 0 amide bonds. The summed E-state index contributed by atoms with van der Waals surface area (Å²) in [5, 5.41) is 0. The molecule has 0 spiro atoms. The van der Waals surface area contributed by atoms with E-state index in [4.69, 9.17) is 9.47 Å². The average Bonchev–Trinajstić information content (AvgIpc) is 2.46. The maximum atomic E-state index is 11.6. The van der Waals surface area contributed by atoms with Crippen molar-refractivity contribution >= 4 is 5.97 Å². The van der Waals surface area contributed by atoms with E-state index in [1.54, 1.807) is 6.92 Å². The Balaban J connectivity index is 2.62. The van der Waals surface area contributed by atoms with Gasteiger partial charge in [0.15, 0.2) is 0 Å². The molecule has 0 fully saturated rings. The normalized spacial score (nSPS) is 13.3. The number of esters is 1. The Kier molecular flexibility index (Phi) is 7.00. The van der Waals surface area contributed by atoms with Gasteiger partial charge in [0.1, 0.15) is 18.0 Å². The summed E-state index contributed by atoms with van der Waals surface area (Å²) in [4.78, 5) is 11.6. The molecule has 3 heteroatoms. The van der Waals surface area contributed by atoms with Crippen LogP contribution in [-0.2, 0) is 16.0 Å². The van der Waals surface area contributed by atoms with Crippen LogP contribution in [0.2, 0.25) is 0 Å². The molecule has 0 bridgehead atoms. The first-order valence-corrected chi connectivity index (χ1v) is 7.60.